The minimum absolute atomic E-state index is 0.0265. The van der Waals surface area contributed by atoms with Crippen LogP contribution >= 0.6 is 0 Å². The normalized spacial score (nSPS) is 20.1. The van der Waals surface area contributed by atoms with Gasteiger partial charge in [0.2, 0.25) is 0 Å². The van der Waals surface area contributed by atoms with Gasteiger partial charge in [0.25, 0.3) is 5.91 Å². The predicted molar refractivity (Wildman–Crippen MR) is 145 cm³/mol. The highest BCUT2D eigenvalue weighted by Gasteiger charge is 2.50. The van der Waals surface area contributed by atoms with Gasteiger partial charge in [0.05, 0.1) is 6.54 Å². The number of pyridine rings is 1. The first-order valence-electron chi connectivity index (χ1n) is 13.7. The molecule has 0 bridgehead atoms. The van der Waals surface area contributed by atoms with E-state index in [-0.39, 0.29) is 17.9 Å². The lowest BCUT2D eigenvalue weighted by atomic mass is 9.76. The molecule has 2 aliphatic rings. The SMILES string of the molecule is CCCCNC(=O)NCc1ccc(CN2C(=N)NC(Cc3cccnc3)(CC3CCCCC3)C2=O)cc1. The van der Waals surface area contributed by atoms with E-state index in [1.54, 1.807) is 11.1 Å². The molecule has 1 aromatic heterocycles. The van der Waals surface area contributed by atoms with Crippen LogP contribution in [0.4, 0.5) is 4.79 Å². The number of nitrogens with zero attached hydrogens (tertiary/aromatic N) is 2. The van der Waals surface area contributed by atoms with E-state index in [2.05, 4.69) is 27.9 Å². The Morgan fingerprint density at radius 3 is 2.57 bits per heavy atom. The molecule has 4 N–H and O–H groups in total. The van der Waals surface area contributed by atoms with Gasteiger partial charge in [-0.2, -0.15) is 0 Å². The number of amides is 3. The number of carbonyl (C=O) groups excluding carboxylic acids is 2. The first kappa shape index (κ1) is 26.6. The number of guanidine groups is 1. The third-order valence-corrected chi connectivity index (χ3v) is 7.51. The quantitative estimate of drug-likeness (QED) is 0.338. The van der Waals surface area contributed by atoms with Gasteiger partial charge in [-0.05, 0) is 41.5 Å². The molecule has 2 fully saturated rings. The Hall–Kier alpha value is -3.42. The number of nitrogens with one attached hydrogen (secondary N) is 4. The maximum absolute atomic E-state index is 13.9. The lowest BCUT2D eigenvalue weighted by Gasteiger charge is -2.33. The van der Waals surface area contributed by atoms with Gasteiger partial charge < -0.3 is 16.0 Å². The van der Waals surface area contributed by atoms with Crippen LogP contribution in [-0.2, 0) is 24.3 Å². The van der Waals surface area contributed by atoms with Gasteiger partial charge in [-0.3, -0.25) is 20.1 Å². The Kier molecular flexibility index (Phi) is 9.14. The molecular formula is C29H40N6O2. The van der Waals surface area contributed by atoms with E-state index in [0.717, 1.165) is 48.8 Å². The van der Waals surface area contributed by atoms with E-state index in [1.807, 2.05) is 42.6 Å². The molecule has 1 aliphatic carbocycles. The summed E-state index contributed by atoms with van der Waals surface area (Å²) in [4.78, 5) is 31.6. The summed E-state index contributed by atoms with van der Waals surface area (Å²) >= 11 is 0. The average molecular weight is 505 g/mol. The summed E-state index contributed by atoms with van der Waals surface area (Å²) in [6.45, 7) is 3.54. The minimum Gasteiger partial charge on any atom is -0.341 e. The van der Waals surface area contributed by atoms with Crippen molar-refractivity contribution in [2.75, 3.05) is 6.54 Å². The lowest BCUT2D eigenvalue weighted by Crippen LogP contribution is -2.50. The Balaban J connectivity index is 1.41. The van der Waals surface area contributed by atoms with Crippen molar-refractivity contribution < 1.29 is 9.59 Å². The van der Waals surface area contributed by atoms with E-state index in [0.29, 0.717) is 32.0 Å². The first-order valence-corrected chi connectivity index (χ1v) is 13.7. The number of urea groups is 1. The van der Waals surface area contributed by atoms with E-state index in [1.165, 1.54) is 19.3 Å². The van der Waals surface area contributed by atoms with E-state index in [4.69, 9.17) is 5.41 Å². The Labute approximate surface area is 220 Å². The van der Waals surface area contributed by atoms with Crippen LogP contribution in [0.15, 0.2) is 48.8 Å². The van der Waals surface area contributed by atoms with Crippen LogP contribution in [0.2, 0.25) is 0 Å². The number of hydrogen-bond acceptors (Lipinski definition) is 4. The maximum Gasteiger partial charge on any atom is 0.315 e. The number of hydrogen-bond donors (Lipinski definition) is 4. The summed E-state index contributed by atoms with van der Waals surface area (Å²) in [6.07, 6.45) is 12.8. The molecule has 2 aromatic rings. The molecule has 1 atom stereocenters. The summed E-state index contributed by atoms with van der Waals surface area (Å²) in [7, 11) is 0. The van der Waals surface area contributed by atoms with Gasteiger partial charge in [-0.1, -0.05) is 75.8 Å². The van der Waals surface area contributed by atoms with E-state index in [9.17, 15) is 9.59 Å². The van der Waals surface area contributed by atoms with Crippen LogP contribution in [0, 0.1) is 11.3 Å². The topological polar surface area (TPSA) is 110 Å². The highest BCUT2D eigenvalue weighted by molar-refractivity contribution is 6.08. The van der Waals surface area contributed by atoms with Crippen molar-refractivity contribution in [3.05, 3.63) is 65.5 Å². The molecule has 8 nitrogen and oxygen atoms in total. The highest BCUT2D eigenvalue weighted by atomic mass is 16.2. The zero-order chi connectivity index (χ0) is 26.1. The van der Waals surface area contributed by atoms with Crippen LogP contribution < -0.4 is 16.0 Å². The van der Waals surface area contributed by atoms with Gasteiger partial charge in [0.15, 0.2) is 5.96 Å². The van der Waals surface area contributed by atoms with Crippen molar-refractivity contribution in [2.45, 2.75) is 83.3 Å². The average Bonchev–Trinajstić information content (AvgIpc) is 3.13. The van der Waals surface area contributed by atoms with Gasteiger partial charge in [0, 0.05) is 31.9 Å². The van der Waals surface area contributed by atoms with Crippen molar-refractivity contribution in [1.82, 2.24) is 25.8 Å². The summed E-state index contributed by atoms with van der Waals surface area (Å²) < 4.78 is 0. The van der Waals surface area contributed by atoms with Crippen molar-refractivity contribution in [3.63, 3.8) is 0 Å². The summed E-state index contributed by atoms with van der Waals surface area (Å²) in [6, 6.07) is 11.6. The molecule has 1 saturated heterocycles. The zero-order valence-electron chi connectivity index (χ0n) is 21.9. The van der Waals surface area contributed by atoms with E-state index < -0.39 is 5.54 Å². The number of rotatable bonds is 11. The third kappa shape index (κ3) is 7.08. The summed E-state index contributed by atoms with van der Waals surface area (Å²) in [5.74, 6) is 0.626. The molecule has 4 rings (SSSR count). The first-order chi connectivity index (χ1) is 18.0. The monoisotopic (exact) mass is 504 g/mol. The molecular weight excluding hydrogens is 464 g/mol. The zero-order valence-corrected chi connectivity index (χ0v) is 21.9. The fourth-order valence-electron chi connectivity index (χ4n) is 5.49. The van der Waals surface area contributed by atoms with Crippen LogP contribution in [0.3, 0.4) is 0 Å². The van der Waals surface area contributed by atoms with Crippen molar-refractivity contribution >= 4 is 17.9 Å². The second-order valence-electron chi connectivity index (χ2n) is 10.5. The second-order valence-corrected chi connectivity index (χ2v) is 10.5. The molecule has 0 spiro atoms. The molecule has 2 heterocycles. The fraction of sp³-hybridized carbons (Fsp3) is 0.517. The molecule has 0 radical (unpaired) electrons. The van der Waals surface area contributed by atoms with Crippen LogP contribution in [-0.4, -0.2) is 39.9 Å². The molecule has 1 aliphatic heterocycles. The number of unbranched alkanes of at least 4 members (excludes halogenated alkanes) is 1. The number of benzene rings is 1. The Morgan fingerprint density at radius 1 is 1.11 bits per heavy atom. The maximum atomic E-state index is 13.9. The smallest absolute Gasteiger partial charge is 0.315 e. The molecule has 1 unspecified atom stereocenters. The van der Waals surface area contributed by atoms with Crippen molar-refractivity contribution in [3.8, 4) is 0 Å². The van der Waals surface area contributed by atoms with Gasteiger partial charge in [0.1, 0.15) is 5.54 Å². The van der Waals surface area contributed by atoms with E-state index >= 15 is 0 Å². The fourth-order valence-corrected chi connectivity index (χ4v) is 5.49. The van der Waals surface area contributed by atoms with Crippen LogP contribution in [0.1, 0.15) is 75.0 Å². The molecule has 8 heteroatoms. The molecule has 37 heavy (non-hydrogen) atoms. The molecule has 198 valence electrons. The van der Waals surface area contributed by atoms with Crippen molar-refractivity contribution in [1.29, 1.82) is 5.41 Å². The molecule has 1 aromatic carbocycles. The van der Waals surface area contributed by atoms with Gasteiger partial charge in [-0.15, -0.1) is 0 Å². The summed E-state index contributed by atoms with van der Waals surface area (Å²) in [5.41, 5.74) is 2.13. The van der Waals surface area contributed by atoms with Crippen LogP contribution in [0.25, 0.3) is 0 Å². The van der Waals surface area contributed by atoms with Gasteiger partial charge in [-0.25, -0.2) is 4.79 Å². The molecule has 1 saturated carbocycles. The molecule has 3 amide bonds. The number of aromatic nitrogens is 1. The number of carbonyl (C=O) groups is 2. The van der Waals surface area contributed by atoms with Crippen LogP contribution in [0.5, 0.6) is 0 Å². The minimum atomic E-state index is -0.808. The Morgan fingerprint density at radius 2 is 1.86 bits per heavy atom. The van der Waals surface area contributed by atoms with Gasteiger partial charge >= 0.3 is 6.03 Å². The lowest BCUT2D eigenvalue weighted by molar-refractivity contribution is -0.132. The standard InChI is InChI=1S/C29H40N6O2/c1-2-3-16-32-28(37)33-20-23-11-13-24(14-12-23)21-35-26(36)29(34-27(35)30,17-22-8-5-4-6-9-22)18-25-10-7-15-31-19-25/h7,10-15,19,22H,2-6,8-9,16-18,20-21H2,1H3,(H2,30,34)(H2,32,33,37). The largest absolute Gasteiger partial charge is 0.341 e. The summed E-state index contributed by atoms with van der Waals surface area (Å²) in [5, 5.41) is 17.7. The third-order valence-electron chi connectivity index (χ3n) is 7.51. The Bertz CT molecular complexity index is 1050. The van der Waals surface area contributed by atoms with Crippen molar-refractivity contribution in [2.24, 2.45) is 5.92 Å². The predicted octanol–water partition coefficient (Wildman–Crippen LogP) is 4.50. The second kappa shape index (κ2) is 12.7. The highest BCUT2D eigenvalue weighted by Crippen LogP contribution is 2.36.